The van der Waals surface area contributed by atoms with Crippen molar-refractivity contribution in [3.8, 4) is 0 Å². The normalized spacial score (nSPS) is 25.6. The van der Waals surface area contributed by atoms with E-state index in [0.29, 0.717) is 31.0 Å². The summed E-state index contributed by atoms with van der Waals surface area (Å²) in [5.41, 5.74) is 1.34. The molecular weight excluding hydrogens is 460 g/mol. The number of anilines is 2. The van der Waals surface area contributed by atoms with E-state index in [4.69, 9.17) is 0 Å². The third kappa shape index (κ3) is 4.49. The van der Waals surface area contributed by atoms with E-state index in [1.807, 2.05) is 26.8 Å². The van der Waals surface area contributed by atoms with E-state index in [0.717, 1.165) is 38.0 Å². The lowest BCUT2D eigenvalue weighted by Crippen LogP contribution is -2.48. The Morgan fingerprint density at radius 3 is 2.58 bits per heavy atom. The highest BCUT2D eigenvalue weighted by atomic mass is 32.2. The maximum Gasteiger partial charge on any atom is 0.248 e. The molecule has 2 amide bonds. The van der Waals surface area contributed by atoms with Gasteiger partial charge in [0.15, 0.2) is 0 Å². The van der Waals surface area contributed by atoms with Gasteiger partial charge in [0.25, 0.3) is 0 Å². The molecule has 0 spiro atoms. The number of amides is 2. The van der Waals surface area contributed by atoms with Crippen molar-refractivity contribution in [2.75, 3.05) is 42.1 Å². The van der Waals surface area contributed by atoms with Gasteiger partial charge >= 0.3 is 0 Å². The molecule has 0 aromatic heterocycles. The van der Waals surface area contributed by atoms with E-state index in [1.54, 1.807) is 28.8 Å². The number of rotatable bonds is 7. The molecule has 0 saturated carbocycles. The predicted octanol–water partition coefficient (Wildman–Crippen LogP) is 3.10. The molecule has 0 aliphatic carbocycles. The molecule has 4 rings (SSSR count). The molecule has 2 atom stereocenters. The van der Waals surface area contributed by atoms with Gasteiger partial charge in [0, 0.05) is 38.4 Å². The molecule has 0 unspecified atom stereocenters. The molecule has 182 valence electrons. The molecule has 3 fully saturated rings. The molecule has 1 aromatic carbocycles. The second-order valence-corrected chi connectivity index (χ2v) is 12.5. The van der Waals surface area contributed by atoms with Gasteiger partial charge in [-0.1, -0.05) is 13.8 Å². The maximum absolute atomic E-state index is 13.4. The summed E-state index contributed by atoms with van der Waals surface area (Å²) in [6, 6.07) is 4.49. The van der Waals surface area contributed by atoms with Crippen molar-refractivity contribution < 1.29 is 18.0 Å². The smallest absolute Gasteiger partial charge is 0.248 e. The molecule has 1 aromatic rings. The Hall–Kier alpha value is -1.78. The third-order valence-electron chi connectivity index (χ3n) is 7.01. The van der Waals surface area contributed by atoms with Gasteiger partial charge in [0.2, 0.25) is 21.8 Å². The van der Waals surface area contributed by atoms with Gasteiger partial charge in [0.1, 0.15) is 6.04 Å². The number of thioether (sulfide) groups is 1. The quantitative estimate of drug-likeness (QED) is 0.627. The van der Waals surface area contributed by atoms with Crippen LogP contribution < -0.4 is 10.2 Å². The standard InChI is InChI=1S/C23H34N4O4S2/c1-4-26(5-2)33(30,31)17-9-10-19(25-13-7-6-8-14-25)18(15-17)24-22(29)20-16-32-23(3)12-11-21(28)27(20)23/h9-10,15,20H,4-8,11-14,16H2,1-3H3,(H,24,29)/t20-,23-/m1/s1. The Morgan fingerprint density at radius 2 is 1.91 bits per heavy atom. The largest absolute Gasteiger partial charge is 0.370 e. The van der Waals surface area contributed by atoms with Gasteiger partial charge in [-0.3, -0.25) is 9.59 Å². The van der Waals surface area contributed by atoms with Gasteiger partial charge in [0.05, 0.1) is 21.1 Å². The average molecular weight is 495 g/mol. The molecule has 3 saturated heterocycles. The van der Waals surface area contributed by atoms with Crippen LogP contribution in [-0.2, 0) is 19.6 Å². The Balaban J connectivity index is 1.67. The maximum atomic E-state index is 13.4. The molecular formula is C23H34N4O4S2. The first kappa shape index (κ1) is 24.3. The SMILES string of the molecule is CCN(CC)S(=O)(=O)c1ccc(N2CCCCC2)c(NC(=O)[C@H]2CS[C@]3(C)CCC(=O)N23)c1. The lowest BCUT2D eigenvalue weighted by atomic mass is 10.1. The summed E-state index contributed by atoms with van der Waals surface area (Å²) >= 11 is 1.65. The zero-order valence-corrected chi connectivity index (χ0v) is 21.3. The lowest BCUT2D eigenvalue weighted by Gasteiger charge is -2.32. The van der Waals surface area contributed by atoms with E-state index in [1.165, 1.54) is 10.7 Å². The van der Waals surface area contributed by atoms with E-state index in [9.17, 15) is 18.0 Å². The molecule has 10 heteroatoms. The van der Waals surface area contributed by atoms with Crippen molar-refractivity contribution in [2.45, 2.75) is 68.7 Å². The molecule has 1 N–H and O–H groups in total. The van der Waals surface area contributed by atoms with Crippen LogP contribution >= 0.6 is 11.8 Å². The fourth-order valence-electron chi connectivity index (χ4n) is 5.13. The minimum absolute atomic E-state index is 0.0109. The minimum Gasteiger partial charge on any atom is -0.370 e. The van der Waals surface area contributed by atoms with Crippen molar-refractivity contribution in [3.63, 3.8) is 0 Å². The first-order valence-electron chi connectivity index (χ1n) is 11.9. The number of sulfonamides is 1. The van der Waals surface area contributed by atoms with Gasteiger partial charge in [-0.15, -0.1) is 11.8 Å². The van der Waals surface area contributed by atoms with Crippen LogP contribution in [0.15, 0.2) is 23.1 Å². The van der Waals surface area contributed by atoms with Crippen molar-refractivity contribution in [1.29, 1.82) is 0 Å². The van der Waals surface area contributed by atoms with E-state index >= 15 is 0 Å². The van der Waals surface area contributed by atoms with Gasteiger partial charge in [-0.05, 0) is 50.8 Å². The number of carbonyl (C=O) groups excluding carboxylic acids is 2. The molecule has 3 heterocycles. The van der Waals surface area contributed by atoms with Crippen LogP contribution in [0.1, 0.15) is 52.9 Å². The Bertz CT molecular complexity index is 1020. The fraction of sp³-hybridized carbons (Fsp3) is 0.652. The highest BCUT2D eigenvalue weighted by Gasteiger charge is 2.53. The first-order valence-corrected chi connectivity index (χ1v) is 14.3. The summed E-state index contributed by atoms with van der Waals surface area (Å²) in [5, 5.41) is 3.02. The van der Waals surface area contributed by atoms with E-state index < -0.39 is 16.1 Å². The molecule has 3 aliphatic heterocycles. The summed E-state index contributed by atoms with van der Waals surface area (Å²) in [6.07, 6.45) is 4.50. The van der Waals surface area contributed by atoms with Crippen molar-refractivity contribution in [2.24, 2.45) is 0 Å². The molecule has 0 radical (unpaired) electrons. The summed E-state index contributed by atoms with van der Waals surface area (Å²) in [7, 11) is -3.66. The summed E-state index contributed by atoms with van der Waals surface area (Å²) in [6.45, 7) is 8.14. The van der Waals surface area contributed by atoms with Crippen LogP contribution in [0.3, 0.4) is 0 Å². The molecule has 8 nitrogen and oxygen atoms in total. The van der Waals surface area contributed by atoms with Crippen LogP contribution in [0.25, 0.3) is 0 Å². The highest BCUT2D eigenvalue weighted by Crippen LogP contribution is 2.47. The zero-order valence-electron chi connectivity index (χ0n) is 19.7. The van der Waals surface area contributed by atoms with Crippen LogP contribution in [-0.4, -0.2) is 72.3 Å². The monoisotopic (exact) mass is 494 g/mol. The Kier molecular flexibility index (Phi) is 6.98. The number of piperidine rings is 1. The number of fused-ring (bicyclic) bond motifs is 1. The number of hydrogen-bond acceptors (Lipinski definition) is 6. The van der Waals surface area contributed by atoms with Crippen LogP contribution in [0.5, 0.6) is 0 Å². The highest BCUT2D eigenvalue weighted by molar-refractivity contribution is 8.01. The minimum atomic E-state index is -3.66. The van der Waals surface area contributed by atoms with Gasteiger partial charge in [-0.2, -0.15) is 4.31 Å². The Labute approximate surface area is 201 Å². The summed E-state index contributed by atoms with van der Waals surface area (Å²) in [4.78, 5) is 29.7. The zero-order chi connectivity index (χ0) is 23.8. The van der Waals surface area contributed by atoms with Crippen molar-refractivity contribution >= 4 is 45.0 Å². The second-order valence-electron chi connectivity index (χ2n) is 9.07. The number of nitrogens with zero attached hydrogens (tertiary/aromatic N) is 3. The Morgan fingerprint density at radius 1 is 1.21 bits per heavy atom. The van der Waals surface area contributed by atoms with Gasteiger partial charge in [-0.25, -0.2) is 8.42 Å². The first-order chi connectivity index (χ1) is 15.7. The number of carbonyl (C=O) groups is 2. The van der Waals surface area contributed by atoms with E-state index in [-0.39, 0.29) is 21.6 Å². The van der Waals surface area contributed by atoms with Crippen molar-refractivity contribution in [3.05, 3.63) is 18.2 Å². The summed E-state index contributed by atoms with van der Waals surface area (Å²) < 4.78 is 27.7. The number of hydrogen-bond donors (Lipinski definition) is 1. The van der Waals surface area contributed by atoms with Crippen molar-refractivity contribution in [1.82, 2.24) is 9.21 Å². The van der Waals surface area contributed by atoms with Gasteiger partial charge < -0.3 is 15.1 Å². The van der Waals surface area contributed by atoms with Crippen LogP contribution in [0.4, 0.5) is 11.4 Å². The third-order valence-corrected chi connectivity index (χ3v) is 10.6. The molecule has 33 heavy (non-hydrogen) atoms. The fourth-order valence-corrected chi connectivity index (χ4v) is 8.05. The van der Waals surface area contributed by atoms with Crippen LogP contribution in [0.2, 0.25) is 0 Å². The van der Waals surface area contributed by atoms with E-state index in [2.05, 4.69) is 10.2 Å². The lowest BCUT2D eigenvalue weighted by molar-refractivity contribution is -0.135. The molecule has 0 bridgehead atoms. The topological polar surface area (TPSA) is 90.0 Å². The van der Waals surface area contributed by atoms with Crippen LogP contribution in [0, 0.1) is 0 Å². The number of nitrogens with one attached hydrogen (secondary N) is 1. The molecule has 3 aliphatic rings. The predicted molar refractivity (Wildman–Crippen MR) is 132 cm³/mol. The summed E-state index contributed by atoms with van der Waals surface area (Å²) in [5.74, 6) is 0.304. The second kappa shape index (κ2) is 9.46. The number of benzene rings is 1. The average Bonchev–Trinajstić information content (AvgIpc) is 3.30.